The van der Waals surface area contributed by atoms with Gasteiger partial charge in [0.1, 0.15) is 0 Å². The first-order chi connectivity index (χ1) is 13.0. The van der Waals surface area contributed by atoms with Gasteiger partial charge in [-0.05, 0) is 51.8 Å². The first-order valence-electron chi connectivity index (χ1n) is 10.3. The Morgan fingerprint density at radius 2 is 1.89 bits per heavy atom. The predicted octanol–water partition coefficient (Wildman–Crippen LogP) is 1.79. The SMILES string of the molecule is Cc1ccc(C(=O)N2CCC3(CC2)CC(N2CCN(C)CC2)CCO3)cn1. The van der Waals surface area contributed by atoms with Crippen LogP contribution < -0.4 is 0 Å². The van der Waals surface area contributed by atoms with E-state index in [4.69, 9.17) is 4.74 Å². The van der Waals surface area contributed by atoms with Crippen LogP contribution >= 0.6 is 0 Å². The van der Waals surface area contributed by atoms with E-state index in [1.165, 1.54) is 13.1 Å². The predicted molar refractivity (Wildman–Crippen MR) is 105 cm³/mol. The minimum atomic E-state index is -0.0332. The van der Waals surface area contributed by atoms with Gasteiger partial charge in [-0.15, -0.1) is 0 Å². The van der Waals surface area contributed by atoms with Crippen molar-refractivity contribution in [3.05, 3.63) is 29.6 Å². The van der Waals surface area contributed by atoms with Gasteiger partial charge in [-0.3, -0.25) is 14.7 Å². The van der Waals surface area contributed by atoms with Crippen LogP contribution in [0.25, 0.3) is 0 Å². The number of hydrogen-bond donors (Lipinski definition) is 0. The van der Waals surface area contributed by atoms with E-state index in [0.717, 1.165) is 64.2 Å². The third kappa shape index (κ3) is 4.18. The van der Waals surface area contributed by atoms with Crippen LogP contribution in [0.15, 0.2) is 18.3 Å². The Morgan fingerprint density at radius 3 is 2.56 bits per heavy atom. The van der Waals surface area contributed by atoms with E-state index in [9.17, 15) is 4.79 Å². The Kier molecular flexibility index (Phi) is 5.48. The lowest BCUT2D eigenvalue weighted by Gasteiger charge is -2.49. The number of piperidine rings is 1. The number of likely N-dealkylation sites (N-methyl/N-ethyl adjacent to an activating group) is 1. The van der Waals surface area contributed by atoms with Gasteiger partial charge in [-0.1, -0.05) is 0 Å². The van der Waals surface area contributed by atoms with E-state index in [1.807, 2.05) is 24.0 Å². The van der Waals surface area contributed by atoms with Crippen molar-refractivity contribution in [1.82, 2.24) is 19.7 Å². The van der Waals surface area contributed by atoms with Crippen LogP contribution in [0.3, 0.4) is 0 Å². The van der Waals surface area contributed by atoms with Crippen LogP contribution in [0, 0.1) is 6.92 Å². The molecule has 3 aliphatic rings. The summed E-state index contributed by atoms with van der Waals surface area (Å²) in [5, 5.41) is 0. The lowest BCUT2D eigenvalue weighted by Crippen LogP contribution is -2.57. The molecule has 0 N–H and O–H groups in total. The smallest absolute Gasteiger partial charge is 0.255 e. The molecule has 3 aliphatic heterocycles. The van der Waals surface area contributed by atoms with Gasteiger partial charge < -0.3 is 14.5 Å². The molecule has 0 aliphatic carbocycles. The number of aryl methyl sites for hydroxylation is 1. The van der Waals surface area contributed by atoms with Crippen LogP contribution in [0.1, 0.15) is 41.7 Å². The summed E-state index contributed by atoms with van der Waals surface area (Å²) in [6, 6.07) is 4.43. The van der Waals surface area contributed by atoms with E-state index in [1.54, 1.807) is 6.20 Å². The fraction of sp³-hybridized carbons (Fsp3) is 0.714. The molecule has 0 aromatic carbocycles. The third-order valence-corrected chi connectivity index (χ3v) is 6.64. The summed E-state index contributed by atoms with van der Waals surface area (Å²) in [7, 11) is 2.21. The molecule has 3 saturated heterocycles. The van der Waals surface area contributed by atoms with Crippen molar-refractivity contribution in [2.45, 2.75) is 44.2 Å². The molecule has 1 aromatic heterocycles. The molecule has 27 heavy (non-hydrogen) atoms. The van der Waals surface area contributed by atoms with Gasteiger partial charge >= 0.3 is 0 Å². The Balaban J connectivity index is 1.34. The summed E-state index contributed by atoms with van der Waals surface area (Å²) in [4.78, 5) is 24.1. The van der Waals surface area contributed by atoms with Crippen molar-refractivity contribution < 1.29 is 9.53 Å². The van der Waals surface area contributed by atoms with Crippen LogP contribution in [0.2, 0.25) is 0 Å². The number of hydrogen-bond acceptors (Lipinski definition) is 5. The molecular formula is C21H32N4O2. The summed E-state index contributed by atoms with van der Waals surface area (Å²) in [5.41, 5.74) is 1.60. The molecule has 4 heterocycles. The number of rotatable bonds is 2. The second kappa shape index (κ2) is 7.86. The molecule has 0 saturated carbocycles. The third-order valence-electron chi connectivity index (χ3n) is 6.64. The number of carbonyl (C=O) groups excluding carboxylic acids is 1. The zero-order chi connectivity index (χ0) is 18.9. The highest BCUT2D eigenvalue weighted by Crippen LogP contribution is 2.37. The molecule has 3 fully saturated rings. The molecule has 1 atom stereocenters. The number of likely N-dealkylation sites (tertiary alicyclic amines) is 1. The van der Waals surface area contributed by atoms with Crippen molar-refractivity contribution in [3.63, 3.8) is 0 Å². The van der Waals surface area contributed by atoms with Crippen LogP contribution in [-0.2, 0) is 4.74 Å². The number of piperazine rings is 1. The number of carbonyl (C=O) groups is 1. The Bertz CT molecular complexity index is 647. The summed E-state index contributed by atoms with van der Waals surface area (Å²) < 4.78 is 6.31. The number of aromatic nitrogens is 1. The highest BCUT2D eigenvalue weighted by atomic mass is 16.5. The van der Waals surface area contributed by atoms with Crippen molar-refractivity contribution in [1.29, 1.82) is 0 Å². The summed E-state index contributed by atoms with van der Waals surface area (Å²) in [5.74, 6) is 0.101. The van der Waals surface area contributed by atoms with Gasteiger partial charge in [0, 0.05) is 63.8 Å². The average Bonchev–Trinajstić information content (AvgIpc) is 2.69. The molecule has 4 rings (SSSR count). The molecule has 6 heteroatoms. The second-order valence-electron chi connectivity index (χ2n) is 8.50. The fourth-order valence-electron chi connectivity index (χ4n) is 4.74. The minimum absolute atomic E-state index is 0.0332. The number of pyridine rings is 1. The standard InChI is InChI=1S/C21H32N4O2/c1-17-3-4-18(16-22-17)20(26)25-8-6-21(7-9-25)15-19(5-14-27-21)24-12-10-23(2)11-13-24/h3-4,16,19H,5-15H2,1-2H3. The molecule has 1 unspecified atom stereocenters. The number of ether oxygens (including phenoxy) is 1. The molecule has 0 radical (unpaired) electrons. The topological polar surface area (TPSA) is 48.9 Å². The fourth-order valence-corrected chi connectivity index (χ4v) is 4.74. The maximum absolute atomic E-state index is 12.8. The van der Waals surface area contributed by atoms with E-state index < -0.39 is 0 Å². The zero-order valence-electron chi connectivity index (χ0n) is 16.7. The van der Waals surface area contributed by atoms with Crippen molar-refractivity contribution >= 4 is 5.91 Å². The molecular weight excluding hydrogens is 340 g/mol. The molecule has 0 bridgehead atoms. The Hall–Kier alpha value is -1.50. The van der Waals surface area contributed by atoms with E-state index in [-0.39, 0.29) is 11.5 Å². The summed E-state index contributed by atoms with van der Waals surface area (Å²) in [6.07, 6.45) is 5.85. The molecule has 6 nitrogen and oxygen atoms in total. The quantitative estimate of drug-likeness (QED) is 0.792. The maximum atomic E-state index is 12.8. The van der Waals surface area contributed by atoms with Gasteiger partial charge in [0.25, 0.3) is 5.91 Å². The van der Waals surface area contributed by atoms with Crippen molar-refractivity contribution in [2.24, 2.45) is 0 Å². The average molecular weight is 373 g/mol. The van der Waals surface area contributed by atoms with Crippen LogP contribution in [0.4, 0.5) is 0 Å². The monoisotopic (exact) mass is 372 g/mol. The van der Waals surface area contributed by atoms with E-state index in [2.05, 4.69) is 21.8 Å². The largest absolute Gasteiger partial charge is 0.375 e. The summed E-state index contributed by atoms with van der Waals surface area (Å²) >= 11 is 0. The lowest BCUT2D eigenvalue weighted by atomic mass is 9.81. The van der Waals surface area contributed by atoms with Gasteiger partial charge in [0.15, 0.2) is 0 Å². The van der Waals surface area contributed by atoms with Crippen molar-refractivity contribution in [3.8, 4) is 0 Å². The second-order valence-corrected chi connectivity index (χ2v) is 8.50. The van der Waals surface area contributed by atoms with E-state index >= 15 is 0 Å². The first kappa shape index (κ1) is 18.8. The number of nitrogens with zero attached hydrogens (tertiary/aromatic N) is 4. The highest BCUT2D eigenvalue weighted by molar-refractivity contribution is 5.94. The molecule has 1 aromatic rings. The maximum Gasteiger partial charge on any atom is 0.255 e. The van der Waals surface area contributed by atoms with Crippen LogP contribution in [0.5, 0.6) is 0 Å². The molecule has 148 valence electrons. The number of amides is 1. The van der Waals surface area contributed by atoms with Crippen LogP contribution in [-0.4, -0.2) is 90.2 Å². The zero-order valence-corrected chi connectivity index (χ0v) is 16.7. The van der Waals surface area contributed by atoms with Crippen molar-refractivity contribution in [2.75, 3.05) is 52.9 Å². The van der Waals surface area contributed by atoms with Gasteiger partial charge in [-0.2, -0.15) is 0 Å². The Morgan fingerprint density at radius 1 is 1.15 bits per heavy atom. The van der Waals surface area contributed by atoms with Gasteiger partial charge in [0.05, 0.1) is 11.2 Å². The minimum Gasteiger partial charge on any atom is -0.375 e. The molecule has 1 spiro atoms. The van der Waals surface area contributed by atoms with Gasteiger partial charge in [-0.25, -0.2) is 0 Å². The Labute approximate surface area is 162 Å². The highest BCUT2D eigenvalue weighted by Gasteiger charge is 2.42. The molecule has 1 amide bonds. The van der Waals surface area contributed by atoms with E-state index in [0.29, 0.717) is 11.6 Å². The lowest BCUT2D eigenvalue weighted by molar-refractivity contribution is -0.132. The normalized spacial score (nSPS) is 27.0. The van der Waals surface area contributed by atoms with Gasteiger partial charge in [0.2, 0.25) is 0 Å². The summed E-state index contributed by atoms with van der Waals surface area (Å²) in [6.45, 7) is 9.02. The first-order valence-corrected chi connectivity index (χ1v) is 10.3.